The van der Waals surface area contributed by atoms with Crippen molar-refractivity contribution in [3.63, 3.8) is 0 Å². The van der Waals surface area contributed by atoms with Crippen LogP contribution >= 0.6 is 0 Å². The first-order valence-electron chi connectivity index (χ1n) is 5.05. The second-order valence-electron chi connectivity index (χ2n) is 3.72. The van der Waals surface area contributed by atoms with Crippen LogP contribution in [-0.4, -0.2) is 46.5 Å². The van der Waals surface area contributed by atoms with Crippen molar-refractivity contribution in [1.82, 2.24) is 4.90 Å². The lowest BCUT2D eigenvalue weighted by molar-refractivity contribution is 0.0572. The first-order valence-corrected chi connectivity index (χ1v) is 5.05. The fraction of sp³-hybridized carbons (Fsp3) is 0.364. The number of hydrogen-bond donors (Lipinski definition) is 2. The first-order chi connectivity index (χ1) is 7.66. The van der Waals surface area contributed by atoms with E-state index in [4.69, 9.17) is 4.74 Å². The van der Waals surface area contributed by atoms with Crippen LogP contribution in [0.5, 0.6) is 5.75 Å². The van der Waals surface area contributed by atoms with Gasteiger partial charge in [0.2, 0.25) is 0 Å². The smallest absolute Gasteiger partial charge is 0.410 e. The zero-order valence-corrected chi connectivity index (χ0v) is 8.61. The van der Waals surface area contributed by atoms with Crippen LogP contribution in [0.4, 0.5) is 4.79 Å². The summed E-state index contributed by atoms with van der Waals surface area (Å²) in [6.45, 7) is 0.208. The van der Waals surface area contributed by atoms with Crippen molar-refractivity contribution in [3.05, 3.63) is 30.3 Å². The largest absolute Gasteiger partial charge is 0.415 e. The lowest BCUT2D eigenvalue weighted by atomic mass is 10.3. The van der Waals surface area contributed by atoms with Crippen LogP contribution in [0.2, 0.25) is 0 Å². The van der Waals surface area contributed by atoms with E-state index in [2.05, 4.69) is 0 Å². The quantitative estimate of drug-likeness (QED) is 0.714. The monoisotopic (exact) mass is 223 g/mol. The second-order valence-corrected chi connectivity index (χ2v) is 3.72. The Morgan fingerprint density at radius 2 is 1.75 bits per heavy atom. The van der Waals surface area contributed by atoms with Gasteiger partial charge in [0.1, 0.15) is 5.75 Å². The third kappa shape index (κ3) is 2.32. The zero-order valence-electron chi connectivity index (χ0n) is 8.61. The number of β-amino-alcohol motifs (C(OH)–C–C–N with tert-alkyl or cyclic N) is 2. The van der Waals surface area contributed by atoms with E-state index in [1.165, 1.54) is 4.90 Å². The molecule has 1 fully saturated rings. The van der Waals surface area contributed by atoms with Crippen LogP contribution in [0.1, 0.15) is 0 Å². The minimum absolute atomic E-state index is 0.104. The van der Waals surface area contributed by atoms with E-state index in [0.29, 0.717) is 5.75 Å². The summed E-state index contributed by atoms with van der Waals surface area (Å²) < 4.78 is 5.06. The summed E-state index contributed by atoms with van der Waals surface area (Å²) in [4.78, 5) is 12.9. The highest BCUT2D eigenvalue weighted by atomic mass is 16.6. The highest BCUT2D eigenvalue weighted by Crippen LogP contribution is 2.14. The van der Waals surface area contributed by atoms with Crippen LogP contribution in [0.25, 0.3) is 0 Å². The van der Waals surface area contributed by atoms with E-state index < -0.39 is 18.3 Å². The maximum absolute atomic E-state index is 11.6. The zero-order chi connectivity index (χ0) is 11.5. The van der Waals surface area contributed by atoms with Gasteiger partial charge in [-0.15, -0.1) is 0 Å². The molecule has 1 amide bonds. The summed E-state index contributed by atoms with van der Waals surface area (Å²) in [6, 6.07) is 8.68. The van der Waals surface area contributed by atoms with Crippen molar-refractivity contribution in [3.8, 4) is 5.75 Å². The van der Waals surface area contributed by atoms with Gasteiger partial charge in [-0.2, -0.15) is 0 Å². The Morgan fingerprint density at radius 1 is 1.19 bits per heavy atom. The summed E-state index contributed by atoms with van der Waals surface area (Å²) >= 11 is 0. The number of aliphatic hydroxyl groups is 2. The molecule has 2 rings (SSSR count). The summed E-state index contributed by atoms with van der Waals surface area (Å²) in [5, 5.41) is 18.6. The number of carbonyl (C=O) groups excluding carboxylic acids is 1. The van der Waals surface area contributed by atoms with Gasteiger partial charge in [0, 0.05) is 0 Å². The molecule has 86 valence electrons. The number of ether oxygens (including phenoxy) is 1. The number of carbonyl (C=O) groups is 1. The molecule has 0 aromatic heterocycles. The number of benzene rings is 1. The first kappa shape index (κ1) is 10.9. The number of aliphatic hydroxyl groups excluding tert-OH is 2. The minimum Gasteiger partial charge on any atom is -0.410 e. The fourth-order valence-electron chi connectivity index (χ4n) is 1.57. The number of rotatable bonds is 1. The number of likely N-dealkylation sites (tertiary alicyclic amines) is 1. The van der Waals surface area contributed by atoms with E-state index in [0.717, 1.165) is 0 Å². The SMILES string of the molecule is O=C(Oc1ccccc1)N1CC(O)C(O)C1. The standard InChI is InChI=1S/C11H13NO4/c13-9-6-12(7-10(9)14)11(15)16-8-4-2-1-3-5-8/h1-5,9-10,13-14H,6-7H2. The molecule has 1 aliphatic rings. The molecule has 16 heavy (non-hydrogen) atoms. The van der Waals surface area contributed by atoms with Crippen LogP contribution in [0.15, 0.2) is 30.3 Å². The van der Waals surface area contributed by atoms with Gasteiger partial charge in [0.15, 0.2) is 0 Å². The number of hydrogen-bond acceptors (Lipinski definition) is 4. The highest BCUT2D eigenvalue weighted by Gasteiger charge is 2.33. The Bertz CT molecular complexity index is 358. The molecule has 5 nitrogen and oxygen atoms in total. The molecule has 1 heterocycles. The van der Waals surface area contributed by atoms with Crippen molar-refractivity contribution in [1.29, 1.82) is 0 Å². The minimum atomic E-state index is -0.886. The van der Waals surface area contributed by atoms with E-state index in [9.17, 15) is 15.0 Å². The fourth-order valence-corrected chi connectivity index (χ4v) is 1.57. The maximum atomic E-state index is 11.6. The molecule has 5 heteroatoms. The predicted octanol–water partition coefficient (Wildman–Crippen LogP) is 0.223. The molecule has 1 saturated heterocycles. The summed E-state index contributed by atoms with van der Waals surface area (Å²) in [7, 11) is 0. The molecule has 0 spiro atoms. The molecule has 0 saturated carbocycles. The molecule has 2 unspecified atom stereocenters. The normalized spacial score (nSPS) is 24.5. The summed E-state index contributed by atoms with van der Waals surface area (Å²) in [5.41, 5.74) is 0. The van der Waals surface area contributed by atoms with Gasteiger partial charge < -0.3 is 19.8 Å². The van der Waals surface area contributed by atoms with Gasteiger partial charge in [-0.25, -0.2) is 4.79 Å². The van der Waals surface area contributed by atoms with Crippen LogP contribution < -0.4 is 4.74 Å². The Kier molecular flexibility index (Phi) is 3.07. The second kappa shape index (κ2) is 4.51. The number of amides is 1. The molecule has 1 aliphatic heterocycles. The molecular formula is C11H13NO4. The predicted molar refractivity (Wildman–Crippen MR) is 56.1 cm³/mol. The Hall–Kier alpha value is -1.59. The van der Waals surface area contributed by atoms with E-state index in [-0.39, 0.29) is 13.1 Å². The van der Waals surface area contributed by atoms with Crippen LogP contribution in [-0.2, 0) is 0 Å². The van der Waals surface area contributed by atoms with E-state index >= 15 is 0 Å². The molecule has 0 bridgehead atoms. The average molecular weight is 223 g/mol. The highest BCUT2D eigenvalue weighted by molar-refractivity contribution is 5.71. The topological polar surface area (TPSA) is 70.0 Å². The Morgan fingerprint density at radius 3 is 2.31 bits per heavy atom. The number of nitrogens with zero attached hydrogens (tertiary/aromatic N) is 1. The molecule has 1 aromatic carbocycles. The lowest BCUT2D eigenvalue weighted by Crippen LogP contribution is -2.32. The van der Waals surface area contributed by atoms with Gasteiger partial charge in [0.05, 0.1) is 25.3 Å². The molecule has 2 atom stereocenters. The molecule has 0 radical (unpaired) electrons. The van der Waals surface area contributed by atoms with Crippen molar-refractivity contribution in [2.45, 2.75) is 12.2 Å². The molecular weight excluding hydrogens is 210 g/mol. The molecule has 1 aromatic rings. The van der Waals surface area contributed by atoms with Gasteiger partial charge >= 0.3 is 6.09 Å². The van der Waals surface area contributed by atoms with E-state index in [1.54, 1.807) is 24.3 Å². The van der Waals surface area contributed by atoms with Crippen LogP contribution in [0.3, 0.4) is 0 Å². The van der Waals surface area contributed by atoms with Crippen molar-refractivity contribution in [2.24, 2.45) is 0 Å². The average Bonchev–Trinajstić information content (AvgIpc) is 2.61. The third-order valence-corrected chi connectivity index (χ3v) is 2.47. The van der Waals surface area contributed by atoms with Crippen molar-refractivity contribution in [2.75, 3.05) is 13.1 Å². The third-order valence-electron chi connectivity index (χ3n) is 2.47. The Labute approximate surface area is 92.9 Å². The summed E-state index contributed by atoms with van der Waals surface area (Å²) in [6.07, 6.45) is -2.33. The Balaban J connectivity index is 1.95. The van der Waals surface area contributed by atoms with Gasteiger partial charge in [0.25, 0.3) is 0 Å². The molecule has 0 aliphatic carbocycles. The summed E-state index contributed by atoms with van der Waals surface area (Å²) in [5.74, 6) is 0.448. The maximum Gasteiger partial charge on any atom is 0.415 e. The van der Waals surface area contributed by atoms with Crippen LogP contribution in [0, 0.1) is 0 Å². The number of para-hydroxylation sites is 1. The van der Waals surface area contributed by atoms with Crippen molar-refractivity contribution < 1.29 is 19.7 Å². The lowest BCUT2D eigenvalue weighted by Gasteiger charge is -2.14. The van der Waals surface area contributed by atoms with Gasteiger partial charge in [-0.1, -0.05) is 18.2 Å². The van der Waals surface area contributed by atoms with E-state index in [1.807, 2.05) is 6.07 Å². The van der Waals surface area contributed by atoms with Gasteiger partial charge in [-0.05, 0) is 12.1 Å². The van der Waals surface area contributed by atoms with Crippen molar-refractivity contribution >= 4 is 6.09 Å². The molecule has 2 N–H and O–H groups in total. The van der Waals surface area contributed by atoms with Gasteiger partial charge in [-0.3, -0.25) is 0 Å².